The molecule has 0 saturated carbocycles. The second-order valence-corrected chi connectivity index (χ2v) is 3.31. The monoisotopic (exact) mass is 187 g/mol. The summed E-state index contributed by atoms with van der Waals surface area (Å²) >= 11 is 0. The maximum atomic E-state index is 11.2. The summed E-state index contributed by atoms with van der Waals surface area (Å²) in [5, 5.41) is 11.6. The van der Waals surface area contributed by atoms with Crippen molar-refractivity contribution < 1.29 is 9.90 Å². The normalized spacial score (nSPS) is 12.5. The third kappa shape index (κ3) is 6.58. The largest absolute Gasteiger partial charge is 0.394 e. The van der Waals surface area contributed by atoms with Crippen LogP contribution in [0.5, 0.6) is 0 Å². The highest BCUT2D eigenvalue weighted by Crippen LogP contribution is 1.99. The fourth-order valence-electron chi connectivity index (χ4n) is 1.11. The number of carbonyl (C=O) groups excluding carboxylic acids is 1. The molecule has 0 aromatic rings. The minimum absolute atomic E-state index is 0.0377. The molecule has 0 heterocycles. The van der Waals surface area contributed by atoms with E-state index in [0.717, 1.165) is 25.7 Å². The van der Waals surface area contributed by atoms with Crippen LogP contribution in [0.15, 0.2) is 0 Å². The highest BCUT2D eigenvalue weighted by Gasteiger charge is 2.07. The number of unbranched alkanes of at least 4 members (excludes halogenated alkanes) is 2. The Bertz CT molecular complexity index is 133. The first-order chi connectivity index (χ1) is 6.24. The Kier molecular flexibility index (Phi) is 7.69. The van der Waals surface area contributed by atoms with Gasteiger partial charge in [-0.3, -0.25) is 4.79 Å². The molecule has 0 bridgehead atoms. The lowest BCUT2D eigenvalue weighted by Gasteiger charge is -2.13. The summed E-state index contributed by atoms with van der Waals surface area (Å²) < 4.78 is 0. The molecule has 0 aliphatic rings. The van der Waals surface area contributed by atoms with Crippen molar-refractivity contribution in [1.82, 2.24) is 5.32 Å². The number of aliphatic hydroxyl groups is 1. The Balaban J connectivity index is 3.48. The summed E-state index contributed by atoms with van der Waals surface area (Å²) in [5.74, 6) is 0.0642. The van der Waals surface area contributed by atoms with E-state index in [1.807, 2.05) is 6.92 Å². The summed E-state index contributed by atoms with van der Waals surface area (Å²) in [7, 11) is 0. The molecule has 0 spiro atoms. The van der Waals surface area contributed by atoms with Gasteiger partial charge in [0.15, 0.2) is 0 Å². The molecule has 3 heteroatoms. The molecule has 0 fully saturated rings. The second kappa shape index (κ2) is 8.05. The van der Waals surface area contributed by atoms with Crippen molar-refractivity contribution in [2.75, 3.05) is 6.61 Å². The van der Waals surface area contributed by atoms with Gasteiger partial charge in [0, 0.05) is 6.42 Å². The zero-order valence-corrected chi connectivity index (χ0v) is 8.68. The average Bonchev–Trinajstić information content (AvgIpc) is 2.14. The Morgan fingerprint density at radius 2 is 2.08 bits per heavy atom. The molecular weight excluding hydrogens is 166 g/mol. The van der Waals surface area contributed by atoms with Gasteiger partial charge in [-0.05, 0) is 12.8 Å². The number of aliphatic hydroxyl groups excluding tert-OH is 1. The Labute approximate surface area is 80.5 Å². The van der Waals surface area contributed by atoms with Gasteiger partial charge < -0.3 is 10.4 Å². The highest BCUT2D eigenvalue weighted by molar-refractivity contribution is 5.76. The van der Waals surface area contributed by atoms with Crippen LogP contribution < -0.4 is 5.32 Å². The van der Waals surface area contributed by atoms with Crippen molar-refractivity contribution in [1.29, 1.82) is 0 Å². The van der Waals surface area contributed by atoms with E-state index < -0.39 is 0 Å². The molecule has 1 amide bonds. The molecule has 78 valence electrons. The van der Waals surface area contributed by atoms with E-state index in [1.165, 1.54) is 0 Å². The number of carbonyl (C=O) groups is 1. The van der Waals surface area contributed by atoms with E-state index >= 15 is 0 Å². The van der Waals surface area contributed by atoms with E-state index in [1.54, 1.807) is 0 Å². The van der Waals surface area contributed by atoms with Crippen LogP contribution in [-0.4, -0.2) is 23.7 Å². The van der Waals surface area contributed by atoms with Gasteiger partial charge in [-0.1, -0.05) is 26.7 Å². The summed E-state index contributed by atoms with van der Waals surface area (Å²) in [6, 6.07) is -0.0610. The minimum atomic E-state index is -0.0610. The third-order valence-corrected chi connectivity index (χ3v) is 2.09. The standard InChI is InChI=1S/C10H21NO2/c1-3-5-6-7-10(13)11-9(4-2)8-12/h9,12H,3-8H2,1-2H3,(H,11,13)/t9-/m0/s1. The van der Waals surface area contributed by atoms with E-state index in [9.17, 15) is 4.79 Å². The SMILES string of the molecule is CCCCCC(=O)N[C@@H](CC)CO. The third-order valence-electron chi connectivity index (χ3n) is 2.09. The predicted molar refractivity (Wildman–Crippen MR) is 53.4 cm³/mol. The Morgan fingerprint density at radius 1 is 1.38 bits per heavy atom. The zero-order chi connectivity index (χ0) is 10.1. The van der Waals surface area contributed by atoms with Gasteiger partial charge in [0.2, 0.25) is 5.91 Å². The van der Waals surface area contributed by atoms with Gasteiger partial charge in [0.05, 0.1) is 12.6 Å². The quantitative estimate of drug-likeness (QED) is 0.593. The maximum Gasteiger partial charge on any atom is 0.220 e. The zero-order valence-electron chi connectivity index (χ0n) is 8.68. The summed E-state index contributed by atoms with van der Waals surface area (Å²) in [6.07, 6.45) is 4.55. The molecule has 2 N–H and O–H groups in total. The molecule has 0 aromatic heterocycles. The average molecular weight is 187 g/mol. The number of amides is 1. The topological polar surface area (TPSA) is 49.3 Å². The predicted octanol–water partition coefficient (Wildman–Crippen LogP) is 1.45. The first-order valence-electron chi connectivity index (χ1n) is 5.14. The van der Waals surface area contributed by atoms with Crippen molar-refractivity contribution in [3.8, 4) is 0 Å². The van der Waals surface area contributed by atoms with Crippen molar-refractivity contribution in [3.63, 3.8) is 0 Å². The second-order valence-electron chi connectivity index (χ2n) is 3.31. The van der Waals surface area contributed by atoms with Crippen LogP contribution in [0.2, 0.25) is 0 Å². The first-order valence-corrected chi connectivity index (χ1v) is 5.14. The van der Waals surface area contributed by atoms with Gasteiger partial charge >= 0.3 is 0 Å². The molecule has 0 rings (SSSR count). The van der Waals surface area contributed by atoms with Gasteiger partial charge in [0.25, 0.3) is 0 Å². The van der Waals surface area contributed by atoms with Crippen molar-refractivity contribution in [2.24, 2.45) is 0 Å². The summed E-state index contributed by atoms with van der Waals surface area (Å²) in [4.78, 5) is 11.2. The van der Waals surface area contributed by atoms with Gasteiger partial charge in [0.1, 0.15) is 0 Å². The van der Waals surface area contributed by atoms with Crippen LogP contribution in [0.4, 0.5) is 0 Å². The van der Waals surface area contributed by atoms with Crippen molar-refractivity contribution in [3.05, 3.63) is 0 Å². The van der Waals surface area contributed by atoms with Crippen molar-refractivity contribution in [2.45, 2.75) is 52.0 Å². The van der Waals surface area contributed by atoms with Crippen LogP contribution in [0.1, 0.15) is 46.0 Å². The lowest BCUT2D eigenvalue weighted by Crippen LogP contribution is -2.36. The number of rotatable bonds is 7. The van der Waals surface area contributed by atoms with E-state index in [2.05, 4.69) is 12.2 Å². The Morgan fingerprint density at radius 3 is 2.54 bits per heavy atom. The number of nitrogens with one attached hydrogen (secondary N) is 1. The molecule has 0 unspecified atom stereocenters. The highest BCUT2D eigenvalue weighted by atomic mass is 16.3. The molecule has 0 aliphatic carbocycles. The minimum Gasteiger partial charge on any atom is -0.394 e. The molecule has 13 heavy (non-hydrogen) atoms. The molecular formula is C10H21NO2. The van der Waals surface area contributed by atoms with Gasteiger partial charge in [-0.25, -0.2) is 0 Å². The molecule has 0 saturated heterocycles. The van der Waals surface area contributed by atoms with E-state index in [4.69, 9.17) is 5.11 Å². The lowest BCUT2D eigenvalue weighted by molar-refractivity contribution is -0.122. The van der Waals surface area contributed by atoms with Gasteiger partial charge in [-0.15, -0.1) is 0 Å². The first kappa shape index (κ1) is 12.4. The van der Waals surface area contributed by atoms with Crippen LogP contribution in [0, 0.1) is 0 Å². The van der Waals surface area contributed by atoms with E-state index in [0.29, 0.717) is 6.42 Å². The van der Waals surface area contributed by atoms with Crippen LogP contribution >= 0.6 is 0 Å². The van der Waals surface area contributed by atoms with E-state index in [-0.39, 0.29) is 18.6 Å². The van der Waals surface area contributed by atoms with Crippen LogP contribution in [-0.2, 0) is 4.79 Å². The molecule has 0 aromatic carbocycles. The van der Waals surface area contributed by atoms with Gasteiger partial charge in [-0.2, -0.15) is 0 Å². The number of hydrogen-bond acceptors (Lipinski definition) is 2. The molecule has 1 atom stereocenters. The van der Waals surface area contributed by atoms with Crippen LogP contribution in [0.3, 0.4) is 0 Å². The summed E-state index contributed by atoms with van der Waals surface area (Å²) in [5.41, 5.74) is 0. The van der Waals surface area contributed by atoms with Crippen molar-refractivity contribution >= 4 is 5.91 Å². The fourth-order valence-corrected chi connectivity index (χ4v) is 1.11. The molecule has 0 aliphatic heterocycles. The van der Waals surface area contributed by atoms with Crippen LogP contribution in [0.25, 0.3) is 0 Å². The fraction of sp³-hybridized carbons (Fsp3) is 0.900. The summed E-state index contributed by atoms with van der Waals surface area (Å²) in [6.45, 7) is 4.10. The number of hydrogen-bond donors (Lipinski definition) is 2. The molecule has 3 nitrogen and oxygen atoms in total. The maximum absolute atomic E-state index is 11.2. The smallest absolute Gasteiger partial charge is 0.220 e. The lowest BCUT2D eigenvalue weighted by atomic mass is 10.2. The molecule has 0 radical (unpaired) electrons. The Hall–Kier alpha value is -0.570.